The van der Waals surface area contributed by atoms with Gasteiger partial charge in [-0.1, -0.05) is 0 Å². The summed E-state index contributed by atoms with van der Waals surface area (Å²) in [6, 6.07) is 7.00. The molecule has 0 fully saturated rings. The molecule has 2 heterocycles. The number of halogens is 1. The maximum atomic E-state index is 14.1. The summed E-state index contributed by atoms with van der Waals surface area (Å²) in [4.78, 5) is 24.9. The highest BCUT2D eigenvalue weighted by atomic mass is 19.1. The SMILES string of the molecule is CCOC(=O)O[C@H]1Cc2cc(F)ccc2N1[C@H]1c2cc([N+](=O)[O-])ccc2O[C@](C)(C(OC)OC)[C@@H]1O. The third-order valence-corrected chi connectivity index (χ3v) is 6.45. The van der Waals surface area contributed by atoms with Crippen LogP contribution in [0.5, 0.6) is 5.75 Å². The fourth-order valence-electron chi connectivity index (χ4n) is 4.91. The molecule has 1 N–H and O–H groups in total. The van der Waals surface area contributed by atoms with Crippen LogP contribution < -0.4 is 9.64 Å². The van der Waals surface area contributed by atoms with Gasteiger partial charge in [0.15, 0.2) is 18.1 Å². The fourth-order valence-corrected chi connectivity index (χ4v) is 4.91. The molecule has 12 heteroatoms. The molecule has 2 aromatic rings. The summed E-state index contributed by atoms with van der Waals surface area (Å²) in [5.41, 5.74) is -0.451. The molecule has 4 atom stereocenters. The van der Waals surface area contributed by atoms with Crippen molar-refractivity contribution in [3.63, 3.8) is 0 Å². The second kappa shape index (κ2) is 9.88. The highest BCUT2D eigenvalue weighted by molar-refractivity contribution is 5.66. The third-order valence-electron chi connectivity index (χ3n) is 6.45. The Morgan fingerprint density at radius 3 is 2.67 bits per heavy atom. The van der Waals surface area contributed by atoms with Crippen molar-refractivity contribution in [2.75, 3.05) is 25.7 Å². The van der Waals surface area contributed by atoms with Crippen LogP contribution in [0.3, 0.4) is 0 Å². The number of nitro groups is 1. The van der Waals surface area contributed by atoms with Gasteiger partial charge >= 0.3 is 6.16 Å². The largest absolute Gasteiger partial charge is 0.510 e. The van der Waals surface area contributed by atoms with Gasteiger partial charge in [0.2, 0.25) is 0 Å². The van der Waals surface area contributed by atoms with E-state index in [0.717, 1.165) is 0 Å². The third kappa shape index (κ3) is 4.31. The van der Waals surface area contributed by atoms with Gasteiger partial charge in [0.25, 0.3) is 5.69 Å². The van der Waals surface area contributed by atoms with Crippen molar-refractivity contribution in [3.8, 4) is 5.75 Å². The van der Waals surface area contributed by atoms with Crippen molar-refractivity contribution >= 4 is 17.5 Å². The molecular weight excluding hydrogens is 479 g/mol. The molecule has 0 saturated carbocycles. The van der Waals surface area contributed by atoms with Crippen LogP contribution in [-0.4, -0.2) is 61.2 Å². The number of carbonyl (C=O) groups excluding carboxylic acids is 1. The van der Waals surface area contributed by atoms with Gasteiger partial charge in [-0.25, -0.2) is 9.18 Å². The van der Waals surface area contributed by atoms with Crippen molar-refractivity contribution in [2.24, 2.45) is 0 Å². The lowest BCUT2D eigenvalue weighted by Gasteiger charge is -2.50. The van der Waals surface area contributed by atoms with E-state index < -0.39 is 47.2 Å². The molecule has 4 rings (SSSR count). The van der Waals surface area contributed by atoms with Crippen molar-refractivity contribution in [3.05, 3.63) is 63.5 Å². The van der Waals surface area contributed by atoms with E-state index in [-0.39, 0.29) is 30.0 Å². The number of hydrogen-bond acceptors (Lipinski definition) is 10. The number of methoxy groups -OCH3 is 2. The normalized spacial score (nSPS) is 24.6. The van der Waals surface area contributed by atoms with E-state index in [1.54, 1.807) is 18.7 Å². The Bertz CT molecular complexity index is 1160. The first-order valence-electron chi connectivity index (χ1n) is 11.3. The molecule has 36 heavy (non-hydrogen) atoms. The summed E-state index contributed by atoms with van der Waals surface area (Å²) in [5.74, 6) is -0.249. The Morgan fingerprint density at radius 1 is 1.31 bits per heavy atom. The number of aliphatic hydroxyl groups excluding tert-OH is 1. The molecule has 11 nitrogen and oxygen atoms in total. The lowest BCUT2D eigenvalue weighted by atomic mass is 9.83. The first kappa shape index (κ1) is 25.6. The summed E-state index contributed by atoms with van der Waals surface area (Å²) in [6.07, 6.45) is -4.33. The van der Waals surface area contributed by atoms with Crippen LogP contribution in [0.4, 0.5) is 20.6 Å². The number of carbonyl (C=O) groups is 1. The average Bonchev–Trinajstić information content (AvgIpc) is 3.16. The highest BCUT2D eigenvalue weighted by Gasteiger charge is 2.56. The zero-order chi connectivity index (χ0) is 26.2. The molecule has 2 aliphatic heterocycles. The first-order valence-corrected chi connectivity index (χ1v) is 11.3. The van der Waals surface area contributed by atoms with Gasteiger partial charge < -0.3 is 33.7 Å². The van der Waals surface area contributed by atoms with Crippen LogP contribution in [0, 0.1) is 15.9 Å². The van der Waals surface area contributed by atoms with Crippen LogP contribution in [0.25, 0.3) is 0 Å². The second-order valence-electron chi connectivity index (χ2n) is 8.60. The van der Waals surface area contributed by atoms with E-state index >= 15 is 0 Å². The predicted octanol–water partition coefficient (Wildman–Crippen LogP) is 3.47. The molecule has 0 aliphatic carbocycles. The fraction of sp³-hybridized carbons (Fsp3) is 0.458. The van der Waals surface area contributed by atoms with Gasteiger partial charge in [-0.2, -0.15) is 0 Å². The van der Waals surface area contributed by atoms with Gasteiger partial charge in [0, 0.05) is 44.0 Å². The standard InChI is InChI=1S/C24H27FN2O9/c1-5-34-23(29)35-19-11-13-10-14(25)6-8-17(13)26(19)20-16-12-15(27(30)31)7-9-18(16)36-24(2,21(20)28)22(32-3)33-4/h6-10,12,19-22,28H,5,11H2,1-4H3/t19-,20-,21+,24-/m0/s1. The number of rotatable bonds is 7. The maximum Gasteiger partial charge on any atom is 0.510 e. The van der Waals surface area contributed by atoms with Crippen LogP contribution in [-0.2, 0) is 25.4 Å². The number of hydrogen-bond donors (Lipinski definition) is 1. The van der Waals surface area contributed by atoms with Gasteiger partial charge in [-0.05, 0) is 43.7 Å². The summed E-state index contributed by atoms with van der Waals surface area (Å²) in [7, 11) is 2.77. The van der Waals surface area contributed by atoms with Crippen LogP contribution >= 0.6 is 0 Å². The Labute approximate surface area is 206 Å². The molecule has 2 aromatic carbocycles. The van der Waals surface area contributed by atoms with E-state index in [2.05, 4.69) is 0 Å². The number of nitro benzene ring substituents is 1. The lowest BCUT2D eigenvalue weighted by Crippen LogP contribution is -2.63. The van der Waals surface area contributed by atoms with Gasteiger partial charge in [-0.3, -0.25) is 10.1 Å². The molecule has 0 unspecified atom stereocenters. The van der Waals surface area contributed by atoms with E-state index in [0.29, 0.717) is 11.3 Å². The second-order valence-corrected chi connectivity index (χ2v) is 8.60. The number of nitrogens with zero attached hydrogens (tertiary/aromatic N) is 2. The molecule has 194 valence electrons. The Morgan fingerprint density at radius 2 is 2.03 bits per heavy atom. The van der Waals surface area contributed by atoms with Gasteiger partial charge in [0.05, 0.1) is 17.6 Å². The summed E-state index contributed by atoms with van der Waals surface area (Å²) >= 11 is 0. The molecule has 0 spiro atoms. The number of aliphatic hydroxyl groups is 1. The molecule has 0 aromatic heterocycles. The number of non-ortho nitro benzene ring substituents is 1. The Kier molecular flexibility index (Phi) is 7.03. The minimum Gasteiger partial charge on any atom is -0.479 e. The molecule has 0 radical (unpaired) electrons. The summed E-state index contributed by atoms with van der Waals surface area (Å²) in [5, 5.41) is 23.3. The number of anilines is 1. The van der Waals surface area contributed by atoms with E-state index in [4.69, 9.17) is 23.7 Å². The lowest BCUT2D eigenvalue weighted by molar-refractivity contribution is -0.385. The Balaban J connectivity index is 1.91. The Hall–Kier alpha value is -3.48. The van der Waals surface area contributed by atoms with E-state index in [9.17, 15) is 24.4 Å². The number of ether oxygens (including phenoxy) is 5. The molecular formula is C24H27FN2O9. The van der Waals surface area contributed by atoms with Crippen molar-refractivity contribution < 1.29 is 42.9 Å². The molecule has 0 amide bonds. The number of fused-ring (bicyclic) bond motifs is 2. The zero-order valence-electron chi connectivity index (χ0n) is 20.2. The zero-order valence-corrected chi connectivity index (χ0v) is 20.2. The molecule has 0 bridgehead atoms. The summed E-state index contributed by atoms with van der Waals surface area (Å²) in [6.45, 7) is 3.27. The number of benzene rings is 2. The topological polar surface area (TPSA) is 130 Å². The monoisotopic (exact) mass is 506 g/mol. The van der Waals surface area contributed by atoms with Crippen molar-refractivity contribution in [2.45, 2.75) is 50.5 Å². The smallest absolute Gasteiger partial charge is 0.479 e. The minimum absolute atomic E-state index is 0.0729. The van der Waals surface area contributed by atoms with Crippen LogP contribution in [0.2, 0.25) is 0 Å². The summed E-state index contributed by atoms with van der Waals surface area (Å²) < 4.78 is 41.6. The average molecular weight is 506 g/mol. The predicted molar refractivity (Wildman–Crippen MR) is 123 cm³/mol. The maximum absolute atomic E-state index is 14.1. The first-order chi connectivity index (χ1) is 17.1. The highest BCUT2D eigenvalue weighted by Crippen LogP contribution is 2.50. The quantitative estimate of drug-likeness (QED) is 0.258. The molecule has 0 saturated heterocycles. The van der Waals surface area contributed by atoms with E-state index in [1.807, 2.05) is 0 Å². The van der Waals surface area contributed by atoms with Crippen LogP contribution in [0.1, 0.15) is 31.0 Å². The van der Waals surface area contributed by atoms with Gasteiger partial charge in [-0.15, -0.1) is 0 Å². The van der Waals surface area contributed by atoms with Crippen molar-refractivity contribution in [1.82, 2.24) is 0 Å². The van der Waals surface area contributed by atoms with Crippen LogP contribution in [0.15, 0.2) is 36.4 Å². The van der Waals surface area contributed by atoms with Gasteiger partial charge in [0.1, 0.15) is 17.7 Å². The van der Waals surface area contributed by atoms with Crippen molar-refractivity contribution in [1.29, 1.82) is 0 Å². The molecule has 2 aliphatic rings. The minimum atomic E-state index is -1.49. The van der Waals surface area contributed by atoms with E-state index in [1.165, 1.54) is 50.6 Å².